The third-order valence-electron chi connectivity index (χ3n) is 4.87. The van der Waals surface area contributed by atoms with Gasteiger partial charge >= 0.3 is 0 Å². The van der Waals surface area contributed by atoms with Crippen molar-refractivity contribution in [2.75, 3.05) is 30.0 Å². The Morgan fingerprint density at radius 3 is 2.58 bits per heavy atom. The number of amides is 2. The predicted molar refractivity (Wildman–Crippen MR) is 120 cm³/mol. The Labute approximate surface area is 185 Å². The molecule has 1 N–H and O–H groups in total. The second kappa shape index (κ2) is 9.10. The van der Waals surface area contributed by atoms with Gasteiger partial charge in [-0.05, 0) is 61.5 Å². The van der Waals surface area contributed by atoms with E-state index in [1.165, 1.54) is 0 Å². The highest BCUT2D eigenvalue weighted by molar-refractivity contribution is 6.30. The van der Waals surface area contributed by atoms with E-state index in [2.05, 4.69) is 5.32 Å². The van der Waals surface area contributed by atoms with Gasteiger partial charge in [0.05, 0.1) is 12.2 Å². The zero-order valence-corrected chi connectivity index (χ0v) is 17.7. The molecule has 3 aromatic carbocycles. The molecule has 3 aromatic rings. The van der Waals surface area contributed by atoms with Gasteiger partial charge < -0.3 is 19.7 Å². The number of nitrogens with one attached hydrogen (secondary N) is 1. The first-order chi connectivity index (χ1) is 15.0. The molecular formula is C24H21ClN2O4. The van der Waals surface area contributed by atoms with Gasteiger partial charge in [0.25, 0.3) is 11.8 Å². The van der Waals surface area contributed by atoms with Crippen molar-refractivity contribution >= 4 is 34.8 Å². The zero-order chi connectivity index (χ0) is 21.8. The van der Waals surface area contributed by atoms with Gasteiger partial charge in [-0.25, -0.2) is 0 Å². The first-order valence-electron chi connectivity index (χ1n) is 9.83. The summed E-state index contributed by atoms with van der Waals surface area (Å²) in [6.45, 7) is 2.57. The summed E-state index contributed by atoms with van der Waals surface area (Å²) in [5, 5.41) is 3.50. The van der Waals surface area contributed by atoms with Crippen molar-refractivity contribution in [3.63, 3.8) is 0 Å². The summed E-state index contributed by atoms with van der Waals surface area (Å²) in [5.41, 5.74) is 2.81. The van der Waals surface area contributed by atoms with Gasteiger partial charge in [0, 0.05) is 16.3 Å². The SMILES string of the molecule is Cc1ccc(C(=O)Nc2ccc3c(c2)N(CCOc2ccc(Cl)cc2)C(=O)CO3)cc1. The third-order valence-corrected chi connectivity index (χ3v) is 5.12. The molecule has 0 aromatic heterocycles. The molecule has 0 spiro atoms. The number of aryl methyl sites for hydroxylation is 1. The summed E-state index contributed by atoms with van der Waals surface area (Å²) in [4.78, 5) is 26.6. The van der Waals surface area contributed by atoms with E-state index in [1.54, 1.807) is 59.5 Å². The lowest BCUT2D eigenvalue weighted by Gasteiger charge is -2.29. The average Bonchev–Trinajstić information content (AvgIpc) is 2.77. The summed E-state index contributed by atoms with van der Waals surface area (Å²) >= 11 is 5.89. The lowest BCUT2D eigenvalue weighted by molar-refractivity contribution is -0.121. The van der Waals surface area contributed by atoms with Crippen LogP contribution in [0.2, 0.25) is 5.02 Å². The van der Waals surface area contributed by atoms with Crippen molar-refractivity contribution in [3.8, 4) is 11.5 Å². The van der Waals surface area contributed by atoms with Crippen molar-refractivity contribution in [1.29, 1.82) is 0 Å². The number of halogens is 1. The van der Waals surface area contributed by atoms with E-state index in [4.69, 9.17) is 21.1 Å². The van der Waals surface area contributed by atoms with E-state index in [0.29, 0.717) is 46.6 Å². The van der Waals surface area contributed by atoms with Gasteiger partial charge in [0.2, 0.25) is 0 Å². The minimum absolute atomic E-state index is 0.0387. The van der Waals surface area contributed by atoms with Crippen LogP contribution in [0.15, 0.2) is 66.7 Å². The molecule has 0 saturated carbocycles. The van der Waals surface area contributed by atoms with Gasteiger partial charge in [-0.15, -0.1) is 0 Å². The highest BCUT2D eigenvalue weighted by Crippen LogP contribution is 2.34. The molecule has 1 aliphatic heterocycles. The Hall–Kier alpha value is -3.51. The fourth-order valence-electron chi connectivity index (χ4n) is 3.22. The molecule has 31 heavy (non-hydrogen) atoms. The molecule has 0 fully saturated rings. The lowest BCUT2D eigenvalue weighted by atomic mass is 10.1. The third kappa shape index (κ3) is 4.98. The molecule has 4 rings (SSSR count). The fourth-order valence-corrected chi connectivity index (χ4v) is 3.34. The van der Waals surface area contributed by atoms with Crippen molar-refractivity contribution in [3.05, 3.63) is 82.9 Å². The first-order valence-corrected chi connectivity index (χ1v) is 10.2. The highest BCUT2D eigenvalue weighted by atomic mass is 35.5. The molecule has 6 nitrogen and oxygen atoms in total. The number of benzene rings is 3. The van der Waals surface area contributed by atoms with Crippen LogP contribution in [0.4, 0.5) is 11.4 Å². The van der Waals surface area contributed by atoms with Crippen LogP contribution in [0.1, 0.15) is 15.9 Å². The fraction of sp³-hybridized carbons (Fsp3) is 0.167. The monoisotopic (exact) mass is 436 g/mol. The van der Waals surface area contributed by atoms with Crippen molar-refractivity contribution in [2.45, 2.75) is 6.92 Å². The molecule has 158 valence electrons. The molecule has 0 radical (unpaired) electrons. The average molecular weight is 437 g/mol. The Bertz CT molecular complexity index is 1100. The van der Waals surface area contributed by atoms with Gasteiger partial charge in [-0.3, -0.25) is 9.59 Å². The number of nitrogens with zero attached hydrogens (tertiary/aromatic N) is 1. The van der Waals surface area contributed by atoms with Crippen LogP contribution in [-0.2, 0) is 4.79 Å². The second-order valence-electron chi connectivity index (χ2n) is 7.14. The van der Waals surface area contributed by atoms with Crippen LogP contribution < -0.4 is 19.7 Å². The molecule has 0 aliphatic carbocycles. The number of carbonyl (C=O) groups is 2. The van der Waals surface area contributed by atoms with E-state index < -0.39 is 0 Å². The predicted octanol–water partition coefficient (Wildman–Crippen LogP) is 4.71. The Balaban J connectivity index is 1.47. The van der Waals surface area contributed by atoms with E-state index in [9.17, 15) is 9.59 Å². The van der Waals surface area contributed by atoms with Gasteiger partial charge in [-0.2, -0.15) is 0 Å². The molecule has 1 aliphatic rings. The molecule has 0 atom stereocenters. The van der Waals surface area contributed by atoms with Crippen LogP contribution in [0.5, 0.6) is 11.5 Å². The molecular weight excluding hydrogens is 416 g/mol. The smallest absolute Gasteiger partial charge is 0.265 e. The summed E-state index contributed by atoms with van der Waals surface area (Å²) in [7, 11) is 0. The number of hydrogen-bond acceptors (Lipinski definition) is 4. The van der Waals surface area contributed by atoms with Crippen LogP contribution in [0.3, 0.4) is 0 Å². The van der Waals surface area contributed by atoms with Crippen molar-refractivity contribution in [2.24, 2.45) is 0 Å². The normalized spacial score (nSPS) is 12.7. The minimum Gasteiger partial charge on any atom is -0.492 e. The minimum atomic E-state index is -0.222. The van der Waals surface area contributed by atoms with E-state index >= 15 is 0 Å². The van der Waals surface area contributed by atoms with E-state index in [-0.39, 0.29) is 18.4 Å². The number of carbonyl (C=O) groups excluding carboxylic acids is 2. The zero-order valence-electron chi connectivity index (χ0n) is 16.9. The standard InChI is InChI=1S/C24H21ClN2O4/c1-16-2-4-17(5-3-16)24(29)26-19-8-11-22-21(14-19)27(23(28)15-31-22)12-13-30-20-9-6-18(25)7-10-20/h2-11,14H,12-13,15H2,1H3,(H,26,29). The summed E-state index contributed by atoms with van der Waals surface area (Å²) in [6.07, 6.45) is 0. The summed E-state index contributed by atoms with van der Waals surface area (Å²) in [6, 6.07) is 19.6. The van der Waals surface area contributed by atoms with Crippen LogP contribution in [0.25, 0.3) is 0 Å². The van der Waals surface area contributed by atoms with Crippen LogP contribution >= 0.6 is 11.6 Å². The van der Waals surface area contributed by atoms with Crippen molar-refractivity contribution in [1.82, 2.24) is 0 Å². The number of ether oxygens (including phenoxy) is 2. The van der Waals surface area contributed by atoms with Gasteiger partial charge in [-0.1, -0.05) is 29.3 Å². The number of hydrogen-bond donors (Lipinski definition) is 1. The maximum absolute atomic E-state index is 12.5. The van der Waals surface area contributed by atoms with Crippen LogP contribution in [-0.4, -0.2) is 31.6 Å². The molecule has 7 heteroatoms. The number of rotatable bonds is 6. The Kier molecular flexibility index (Phi) is 6.09. The highest BCUT2D eigenvalue weighted by Gasteiger charge is 2.26. The van der Waals surface area contributed by atoms with E-state index in [0.717, 1.165) is 5.56 Å². The molecule has 0 unspecified atom stereocenters. The molecule has 0 bridgehead atoms. The van der Waals surface area contributed by atoms with E-state index in [1.807, 2.05) is 19.1 Å². The van der Waals surface area contributed by atoms with Gasteiger partial charge in [0.1, 0.15) is 18.1 Å². The van der Waals surface area contributed by atoms with Crippen molar-refractivity contribution < 1.29 is 19.1 Å². The Morgan fingerprint density at radius 1 is 1.10 bits per heavy atom. The molecule has 1 heterocycles. The summed E-state index contributed by atoms with van der Waals surface area (Å²) in [5.74, 6) is 0.860. The number of fused-ring (bicyclic) bond motifs is 1. The largest absolute Gasteiger partial charge is 0.492 e. The topological polar surface area (TPSA) is 67.9 Å². The molecule has 2 amide bonds. The Morgan fingerprint density at radius 2 is 1.84 bits per heavy atom. The quantitative estimate of drug-likeness (QED) is 0.608. The number of anilines is 2. The molecule has 0 saturated heterocycles. The summed E-state index contributed by atoms with van der Waals surface area (Å²) < 4.78 is 11.3. The van der Waals surface area contributed by atoms with Gasteiger partial charge in [0.15, 0.2) is 6.61 Å². The maximum atomic E-state index is 12.5. The maximum Gasteiger partial charge on any atom is 0.265 e. The first kappa shape index (κ1) is 20.8. The second-order valence-corrected chi connectivity index (χ2v) is 7.58. The van der Waals surface area contributed by atoms with Crippen LogP contribution in [0, 0.1) is 6.92 Å². The lowest BCUT2D eigenvalue weighted by Crippen LogP contribution is -2.41.